The first-order valence-electron chi connectivity index (χ1n) is 8.85. The Balaban J connectivity index is 0.00000225. The van der Waals surface area contributed by atoms with Crippen molar-refractivity contribution in [1.29, 1.82) is 0 Å². The number of piperazine rings is 3. The third-order valence-corrected chi connectivity index (χ3v) is 5.31. The normalized spacial score (nSPS) is 25.5. The van der Waals surface area contributed by atoms with E-state index in [1.54, 1.807) is 6.26 Å². The van der Waals surface area contributed by atoms with Crippen LogP contribution in [0, 0.1) is 0 Å². The van der Waals surface area contributed by atoms with Crippen molar-refractivity contribution in [1.82, 2.24) is 20.4 Å². The molecule has 8 heteroatoms. The molecule has 3 aliphatic rings. The zero-order valence-corrected chi connectivity index (χ0v) is 18.1. The zero-order chi connectivity index (χ0) is 16.6. The maximum absolute atomic E-state index is 5.39. The lowest BCUT2D eigenvalue weighted by Gasteiger charge is -2.47. The third kappa shape index (κ3) is 6.65. The summed E-state index contributed by atoms with van der Waals surface area (Å²) in [5.41, 5.74) is 0. The Morgan fingerprint density at radius 3 is 2.72 bits per heavy atom. The summed E-state index contributed by atoms with van der Waals surface area (Å²) in [6.07, 6.45) is 4.73. The lowest BCUT2D eigenvalue weighted by Crippen LogP contribution is -2.62. The predicted octanol–water partition coefficient (Wildman–Crippen LogP) is 1.34. The van der Waals surface area contributed by atoms with Crippen molar-refractivity contribution in [3.05, 3.63) is 24.2 Å². The van der Waals surface area contributed by atoms with Crippen molar-refractivity contribution in [2.45, 2.75) is 12.5 Å². The monoisotopic (exact) mass is 479 g/mol. The Hall–Kier alpha value is -0.450. The topological polar surface area (TPSA) is 56.0 Å². The van der Waals surface area contributed by atoms with Crippen molar-refractivity contribution in [3.8, 4) is 0 Å². The highest BCUT2D eigenvalue weighted by atomic mass is 127. The minimum Gasteiger partial charge on any atom is -0.469 e. The first kappa shape index (κ1) is 20.9. The van der Waals surface area contributed by atoms with Gasteiger partial charge in [-0.05, 0) is 18.4 Å². The van der Waals surface area contributed by atoms with Crippen LogP contribution in [0.3, 0.4) is 0 Å². The SMILES string of the molecule is CSCCNC(=NCC1CN2CCN1CC2)NCCc1ccco1.I. The summed E-state index contributed by atoms with van der Waals surface area (Å²) in [5.74, 6) is 3.02. The number of furan rings is 1. The van der Waals surface area contributed by atoms with Crippen molar-refractivity contribution in [2.75, 3.05) is 64.4 Å². The molecule has 0 aliphatic carbocycles. The van der Waals surface area contributed by atoms with E-state index in [0.717, 1.165) is 50.1 Å². The summed E-state index contributed by atoms with van der Waals surface area (Å²) in [5, 5.41) is 6.88. The molecule has 1 unspecified atom stereocenters. The lowest BCUT2D eigenvalue weighted by atomic mass is 10.1. The Morgan fingerprint density at radius 2 is 2.08 bits per heavy atom. The van der Waals surface area contributed by atoms with E-state index < -0.39 is 0 Å². The molecule has 2 N–H and O–H groups in total. The van der Waals surface area contributed by atoms with Gasteiger partial charge in [0.2, 0.25) is 0 Å². The number of thioether (sulfide) groups is 1. The van der Waals surface area contributed by atoms with E-state index in [1.165, 1.54) is 26.2 Å². The molecule has 0 saturated carbocycles. The highest BCUT2D eigenvalue weighted by Crippen LogP contribution is 2.15. The molecule has 1 atom stereocenters. The van der Waals surface area contributed by atoms with Crippen LogP contribution in [0.5, 0.6) is 0 Å². The summed E-state index contributed by atoms with van der Waals surface area (Å²) in [6.45, 7) is 8.64. The van der Waals surface area contributed by atoms with Crippen molar-refractivity contribution in [3.63, 3.8) is 0 Å². The second-order valence-electron chi connectivity index (χ2n) is 6.36. The first-order chi connectivity index (χ1) is 11.8. The molecule has 0 radical (unpaired) electrons. The van der Waals surface area contributed by atoms with Crippen molar-refractivity contribution < 1.29 is 4.42 Å². The molecule has 0 aromatic carbocycles. The standard InChI is InChI=1S/C17H29N5OS.HI/c1-24-12-6-19-17(18-5-4-16-3-2-11-23-16)20-13-15-14-21-7-9-22(15)10-8-21;/h2-3,11,15H,4-10,12-14H2,1H3,(H2,18,19,20);1H. The zero-order valence-electron chi connectivity index (χ0n) is 14.9. The minimum absolute atomic E-state index is 0. The van der Waals surface area contributed by atoms with Crippen molar-refractivity contribution in [2.24, 2.45) is 4.99 Å². The minimum atomic E-state index is 0. The van der Waals surface area contributed by atoms with Gasteiger partial charge in [0.25, 0.3) is 0 Å². The quantitative estimate of drug-likeness (QED) is 0.254. The molecule has 0 spiro atoms. The fraction of sp³-hybridized carbons (Fsp3) is 0.706. The average Bonchev–Trinajstić information content (AvgIpc) is 3.14. The molecule has 1 aromatic rings. The second kappa shape index (κ2) is 11.3. The summed E-state index contributed by atoms with van der Waals surface area (Å²) in [6, 6.07) is 4.51. The number of fused-ring (bicyclic) bond motifs is 3. The van der Waals surface area contributed by atoms with E-state index in [1.807, 2.05) is 23.9 Å². The average molecular weight is 479 g/mol. The van der Waals surface area contributed by atoms with E-state index in [-0.39, 0.29) is 24.0 Å². The molecule has 6 nitrogen and oxygen atoms in total. The van der Waals surface area contributed by atoms with E-state index >= 15 is 0 Å². The number of rotatable bonds is 8. The number of halogens is 1. The van der Waals surface area contributed by atoms with Gasteiger partial charge in [0.05, 0.1) is 12.8 Å². The molecule has 3 saturated heterocycles. The van der Waals surface area contributed by atoms with Crippen LogP contribution in [-0.4, -0.2) is 86.2 Å². The van der Waals surface area contributed by atoms with E-state index in [9.17, 15) is 0 Å². The Labute approximate surface area is 172 Å². The maximum Gasteiger partial charge on any atom is 0.191 e. The highest BCUT2D eigenvalue weighted by Gasteiger charge is 2.31. The van der Waals surface area contributed by atoms with E-state index in [0.29, 0.717) is 6.04 Å². The fourth-order valence-corrected chi connectivity index (χ4v) is 3.61. The summed E-state index contributed by atoms with van der Waals surface area (Å²) >= 11 is 1.85. The van der Waals surface area contributed by atoms with Crippen LogP contribution in [-0.2, 0) is 6.42 Å². The molecule has 3 aliphatic heterocycles. The molecular formula is C17H30IN5OS. The number of nitrogens with one attached hydrogen (secondary N) is 2. The number of hydrogen-bond acceptors (Lipinski definition) is 5. The Morgan fingerprint density at radius 1 is 1.28 bits per heavy atom. The maximum atomic E-state index is 5.39. The van der Waals surface area contributed by atoms with Crippen LogP contribution < -0.4 is 10.6 Å². The third-order valence-electron chi connectivity index (χ3n) is 4.69. The van der Waals surface area contributed by atoms with Crippen LogP contribution in [0.1, 0.15) is 5.76 Å². The fourth-order valence-electron chi connectivity index (χ4n) is 3.30. The smallest absolute Gasteiger partial charge is 0.191 e. The molecule has 25 heavy (non-hydrogen) atoms. The van der Waals surface area contributed by atoms with Crippen molar-refractivity contribution >= 4 is 41.7 Å². The number of aliphatic imine (C=N–C) groups is 1. The molecule has 4 rings (SSSR count). The summed E-state index contributed by atoms with van der Waals surface area (Å²) in [7, 11) is 0. The molecule has 3 fully saturated rings. The van der Waals surface area contributed by atoms with Crippen LogP contribution in [0.15, 0.2) is 27.8 Å². The number of guanidine groups is 1. The van der Waals surface area contributed by atoms with Crippen LogP contribution in [0.4, 0.5) is 0 Å². The van der Waals surface area contributed by atoms with Gasteiger partial charge in [0.1, 0.15) is 5.76 Å². The Bertz CT molecular complexity index is 505. The van der Waals surface area contributed by atoms with E-state index in [2.05, 4.69) is 26.7 Å². The van der Waals surface area contributed by atoms with Gasteiger partial charge in [-0.3, -0.25) is 14.8 Å². The van der Waals surface area contributed by atoms with E-state index in [4.69, 9.17) is 9.41 Å². The Kier molecular flexibility index (Phi) is 9.43. The molecular weight excluding hydrogens is 449 g/mol. The van der Waals surface area contributed by atoms with Gasteiger partial charge in [-0.1, -0.05) is 0 Å². The molecule has 0 amide bonds. The van der Waals surface area contributed by atoms with Gasteiger partial charge in [-0.2, -0.15) is 11.8 Å². The van der Waals surface area contributed by atoms with Gasteiger partial charge in [-0.15, -0.1) is 24.0 Å². The van der Waals surface area contributed by atoms with Crippen LogP contribution >= 0.6 is 35.7 Å². The van der Waals surface area contributed by atoms with Gasteiger partial charge >= 0.3 is 0 Å². The molecule has 2 bridgehead atoms. The highest BCUT2D eigenvalue weighted by molar-refractivity contribution is 14.0. The largest absolute Gasteiger partial charge is 0.469 e. The summed E-state index contributed by atoms with van der Waals surface area (Å²) in [4.78, 5) is 9.99. The predicted molar refractivity (Wildman–Crippen MR) is 116 cm³/mol. The molecule has 1 aromatic heterocycles. The summed E-state index contributed by atoms with van der Waals surface area (Å²) < 4.78 is 5.39. The number of hydrogen-bond donors (Lipinski definition) is 2. The first-order valence-corrected chi connectivity index (χ1v) is 10.2. The number of nitrogens with zero attached hydrogens (tertiary/aromatic N) is 3. The van der Waals surface area contributed by atoms with Gasteiger partial charge < -0.3 is 15.1 Å². The lowest BCUT2D eigenvalue weighted by molar-refractivity contribution is 0.0174. The molecule has 4 heterocycles. The van der Waals surface area contributed by atoms with Crippen LogP contribution in [0.25, 0.3) is 0 Å². The van der Waals surface area contributed by atoms with Gasteiger partial charge in [0.15, 0.2) is 5.96 Å². The van der Waals surface area contributed by atoms with Gasteiger partial charge in [0, 0.05) is 64.0 Å². The second-order valence-corrected chi connectivity index (χ2v) is 7.34. The van der Waals surface area contributed by atoms with Crippen LogP contribution in [0.2, 0.25) is 0 Å². The molecule has 142 valence electrons. The van der Waals surface area contributed by atoms with Gasteiger partial charge in [-0.25, -0.2) is 0 Å².